The van der Waals surface area contributed by atoms with Crippen LogP contribution in [-0.2, 0) is 0 Å². The summed E-state index contributed by atoms with van der Waals surface area (Å²) in [4.78, 5) is 2.73. The molecule has 2 aliphatic carbocycles. The van der Waals surface area contributed by atoms with Crippen molar-refractivity contribution >= 4 is 0 Å². The van der Waals surface area contributed by atoms with Gasteiger partial charge in [-0.2, -0.15) is 0 Å². The van der Waals surface area contributed by atoms with Crippen LogP contribution in [0.3, 0.4) is 0 Å². The average molecular weight is 362 g/mol. The fourth-order valence-corrected chi connectivity index (χ4v) is 6.65. The maximum Gasteiger partial charge on any atom is 0.00388 e. The minimum absolute atomic E-state index is 0.753. The number of likely N-dealkylation sites (tertiary alicyclic amines) is 1. The summed E-state index contributed by atoms with van der Waals surface area (Å²) in [7, 11) is 0. The van der Waals surface area contributed by atoms with Crippen LogP contribution in [-0.4, -0.2) is 24.0 Å². The molecule has 0 aromatic rings. The zero-order chi connectivity index (χ0) is 18.8. The fraction of sp³-hybridized carbons (Fsp3) is 1.00. The summed E-state index contributed by atoms with van der Waals surface area (Å²) in [5.41, 5.74) is 0. The van der Waals surface area contributed by atoms with Gasteiger partial charge in [-0.05, 0) is 99.7 Å². The second kappa shape index (κ2) is 8.97. The van der Waals surface area contributed by atoms with E-state index in [2.05, 4.69) is 46.4 Å². The predicted molar refractivity (Wildman–Crippen MR) is 114 cm³/mol. The molecule has 1 heterocycles. The van der Waals surface area contributed by atoms with Crippen LogP contribution in [0, 0.1) is 47.3 Å². The normalized spacial score (nSPS) is 38.1. The summed E-state index contributed by atoms with van der Waals surface area (Å²) < 4.78 is 0. The molecular formula is C25H47N. The van der Waals surface area contributed by atoms with E-state index in [-0.39, 0.29) is 0 Å². The second-order valence-electron chi connectivity index (χ2n) is 11.3. The first kappa shape index (κ1) is 20.7. The van der Waals surface area contributed by atoms with Gasteiger partial charge in [-0.25, -0.2) is 0 Å². The molecule has 4 unspecified atom stereocenters. The highest BCUT2D eigenvalue weighted by Crippen LogP contribution is 2.46. The summed E-state index contributed by atoms with van der Waals surface area (Å²) in [6.45, 7) is 17.5. The topological polar surface area (TPSA) is 3.24 Å². The number of hydrogen-bond acceptors (Lipinski definition) is 1. The molecule has 0 radical (unpaired) electrons. The van der Waals surface area contributed by atoms with E-state index in [0.29, 0.717) is 0 Å². The minimum Gasteiger partial charge on any atom is -0.300 e. The Morgan fingerprint density at radius 3 is 1.58 bits per heavy atom. The van der Waals surface area contributed by atoms with E-state index in [0.717, 1.165) is 53.4 Å². The third kappa shape index (κ3) is 4.86. The third-order valence-corrected chi connectivity index (χ3v) is 8.99. The van der Waals surface area contributed by atoms with Crippen LogP contribution in [0.15, 0.2) is 0 Å². The van der Waals surface area contributed by atoms with Gasteiger partial charge in [0.2, 0.25) is 0 Å². The van der Waals surface area contributed by atoms with Gasteiger partial charge in [-0.1, -0.05) is 40.5 Å². The monoisotopic (exact) mass is 361 g/mol. The Labute approximate surface area is 164 Å². The van der Waals surface area contributed by atoms with E-state index < -0.39 is 0 Å². The van der Waals surface area contributed by atoms with Gasteiger partial charge in [0.1, 0.15) is 0 Å². The van der Waals surface area contributed by atoms with Crippen LogP contribution in [0.2, 0.25) is 0 Å². The zero-order valence-corrected chi connectivity index (χ0v) is 18.7. The molecule has 1 heteroatoms. The van der Waals surface area contributed by atoms with Crippen molar-refractivity contribution in [1.29, 1.82) is 0 Å². The van der Waals surface area contributed by atoms with Gasteiger partial charge in [0.05, 0.1) is 0 Å². The first-order chi connectivity index (χ1) is 12.3. The maximum atomic E-state index is 2.73. The van der Waals surface area contributed by atoms with Crippen LogP contribution < -0.4 is 0 Å². The van der Waals surface area contributed by atoms with Crippen molar-refractivity contribution in [2.45, 2.75) is 99.0 Å². The van der Waals surface area contributed by atoms with E-state index in [1.807, 2.05) is 0 Å². The summed E-state index contributed by atoms with van der Waals surface area (Å²) in [6.07, 6.45) is 12.1. The van der Waals surface area contributed by atoms with Crippen LogP contribution >= 0.6 is 0 Å². The van der Waals surface area contributed by atoms with Crippen molar-refractivity contribution < 1.29 is 0 Å². The van der Waals surface area contributed by atoms with Crippen molar-refractivity contribution in [3.63, 3.8) is 0 Å². The van der Waals surface area contributed by atoms with Gasteiger partial charge in [0.25, 0.3) is 0 Å². The molecule has 3 fully saturated rings. The first-order valence-electron chi connectivity index (χ1n) is 12.1. The minimum atomic E-state index is 0.753. The van der Waals surface area contributed by atoms with Crippen molar-refractivity contribution in [3.8, 4) is 0 Å². The molecule has 152 valence electrons. The molecule has 2 saturated carbocycles. The van der Waals surface area contributed by atoms with Crippen LogP contribution in [0.5, 0.6) is 0 Å². The molecule has 3 rings (SSSR count). The van der Waals surface area contributed by atoms with Gasteiger partial charge >= 0.3 is 0 Å². The molecule has 0 N–H and O–H groups in total. The molecule has 4 atom stereocenters. The van der Waals surface area contributed by atoms with Crippen LogP contribution in [0.25, 0.3) is 0 Å². The van der Waals surface area contributed by atoms with Crippen molar-refractivity contribution in [2.24, 2.45) is 47.3 Å². The van der Waals surface area contributed by atoms with Gasteiger partial charge in [0.15, 0.2) is 0 Å². The molecule has 1 aliphatic heterocycles. The van der Waals surface area contributed by atoms with E-state index in [1.54, 1.807) is 0 Å². The SMILES string of the molecule is CC(C)C1CCC(C(C)CCC(C)C2CC3CN(C(C)C)CC3C2)CC1. The molecule has 0 aromatic carbocycles. The van der Waals surface area contributed by atoms with Crippen LogP contribution in [0.1, 0.15) is 92.9 Å². The standard InChI is InChI=1S/C25H47N/c1-17(2)21-9-11-22(12-10-21)19(5)7-8-20(6)23-13-24-15-26(18(3)4)16-25(24)14-23/h17-25H,7-16H2,1-6H3. The first-order valence-corrected chi connectivity index (χ1v) is 12.1. The number of hydrogen-bond donors (Lipinski definition) is 0. The molecule has 0 spiro atoms. The summed E-state index contributed by atoms with van der Waals surface area (Å²) in [6, 6.07) is 0.753. The van der Waals surface area contributed by atoms with Gasteiger partial charge in [0, 0.05) is 19.1 Å². The molecule has 1 nitrogen and oxygen atoms in total. The lowest BCUT2D eigenvalue weighted by molar-refractivity contribution is 0.167. The molecule has 0 aromatic heterocycles. The second-order valence-corrected chi connectivity index (χ2v) is 11.3. The Kier molecular flexibility index (Phi) is 7.14. The molecule has 3 aliphatic rings. The predicted octanol–water partition coefficient (Wildman–Crippen LogP) is 6.87. The van der Waals surface area contributed by atoms with E-state index in [1.165, 1.54) is 64.5 Å². The summed E-state index contributed by atoms with van der Waals surface area (Å²) >= 11 is 0. The van der Waals surface area contributed by atoms with E-state index in [4.69, 9.17) is 0 Å². The highest BCUT2D eigenvalue weighted by atomic mass is 15.2. The number of fused-ring (bicyclic) bond motifs is 1. The van der Waals surface area contributed by atoms with Gasteiger partial charge < -0.3 is 4.90 Å². The molecular weight excluding hydrogens is 314 g/mol. The summed E-state index contributed by atoms with van der Waals surface area (Å²) in [5, 5.41) is 0. The third-order valence-electron chi connectivity index (χ3n) is 8.99. The Hall–Kier alpha value is -0.0400. The number of nitrogens with zero attached hydrogens (tertiary/aromatic N) is 1. The summed E-state index contributed by atoms with van der Waals surface area (Å²) in [5.74, 6) is 7.94. The highest BCUT2D eigenvalue weighted by molar-refractivity contribution is 4.94. The van der Waals surface area contributed by atoms with Crippen molar-refractivity contribution in [2.75, 3.05) is 13.1 Å². The quantitative estimate of drug-likeness (QED) is 0.478. The lowest BCUT2D eigenvalue weighted by atomic mass is 9.71. The Balaban J connectivity index is 1.37. The maximum absolute atomic E-state index is 2.73. The lowest BCUT2D eigenvalue weighted by Gasteiger charge is -2.34. The molecule has 1 saturated heterocycles. The fourth-order valence-electron chi connectivity index (χ4n) is 6.65. The molecule has 26 heavy (non-hydrogen) atoms. The smallest absolute Gasteiger partial charge is 0.00388 e. The van der Waals surface area contributed by atoms with Gasteiger partial charge in [-0.3, -0.25) is 0 Å². The molecule has 0 amide bonds. The Morgan fingerprint density at radius 1 is 0.654 bits per heavy atom. The Bertz CT molecular complexity index is 406. The average Bonchev–Trinajstić information content (AvgIpc) is 3.18. The highest BCUT2D eigenvalue weighted by Gasteiger charge is 2.42. The van der Waals surface area contributed by atoms with E-state index >= 15 is 0 Å². The number of rotatable bonds is 7. The van der Waals surface area contributed by atoms with Gasteiger partial charge in [-0.15, -0.1) is 0 Å². The van der Waals surface area contributed by atoms with Crippen molar-refractivity contribution in [1.82, 2.24) is 4.90 Å². The molecule has 0 bridgehead atoms. The van der Waals surface area contributed by atoms with E-state index in [9.17, 15) is 0 Å². The largest absolute Gasteiger partial charge is 0.300 e. The zero-order valence-electron chi connectivity index (χ0n) is 18.7. The lowest BCUT2D eigenvalue weighted by Crippen LogP contribution is -2.30. The van der Waals surface area contributed by atoms with Crippen LogP contribution in [0.4, 0.5) is 0 Å². The Morgan fingerprint density at radius 2 is 1.12 bits per heavy atom. The van der Waals surface area contributed by atoms with Crippen molar-refractivity contribution in [3.05, 3.63) is 0 Å².